The Labute approximate surface area is 93.1 Å². The van der Waals surface area contributed by atoms with Gasteiger partial charge >= 0.3 is 6.18 Å². The van der Waals surface area contributed by atoms with Gasteiger partial charge in [-0.3, -0.25) is 4.79 Å². The molecule has 0 fully saturated rings. The maximum Gasteiger partial charge on any atom is 0.433 e. The van der Waals surface area contributed by atoms with Crippen molar-refractivity contribution in [2.45, 2.75) is 6.18 Å². The van der Waals surface area contributed by atoms with Gasteiger partial charge in [-0.25, -0.2) is 4.98 Å². The largest absolute Gasteiger partial charge is 0.496 e. The van der Waals surface area contributed by atoms with Gasteiger partial charge in [0.15, 0.2) is 5.69 Å². The number of alkyl halides is 3. The zero-order valence-electron chi connectivity index (χ0n) is 8.63. The zero-order valence-corrected chi connectivity index (χ0v) is 8.63. The van der Waals surface area contributed by atoms with E-state index in [1.807, 2.05) is 0 Å². The number of ether oxygens (including phenoxy) is 1. The second kappa shape index (κ2) is 3.76. The highest BCUT2D eigenvalue weighted by molar-refractivity contribution is 5.81. The number of hydrogen-bond donors (Lipinski definition) is 1. The first kappa shape index (κ1) is 11.4. The number of aromatic nitrogens is 2. The topological polar surface area (TPSA) is 55.0 Å². The van der Waals surface area contributed by atoms with Crippen LogP contribution in [-0.2, 0) is 6.18 Å². The molecule has 0 saturated heterocycles. The van der Waals surface area contributed by atoms with Gasteiger partial charge in [-0.15, -0.1) is 0 Å². The molecule has 0 aromatic carbocycles. The van der Waals surface area contributed by atoms with Crippen molar-refractivity contribution in [3.05, 3.63) is 34.2 Å². The molecule has 0 amide bonds. The van der Waals surface area contributed by atoms with Crippen LogP contribution in [0.4, 0.5) is 13.2 Å². The zero-order chi connectivity index (χ0) is 12.6. The van der Waals surface area contributed by atoms with Crippen molar-refractivity contribution in [3.63, 3.8) is 0 Å². The number of aromatic amines is 1. The molecule has 90 valence electrons. The summed E-state index contributed by atoms with van der Waals surface area (Å²) >= 11 is 0. The van der Waals surface area contributed by atoms with Crippen LogP contribution in [0.15, 0.2) is 23.0 Å². The fourth-order valence-corrected chi connectivity index (χ4v) is 1.42. The molecule has 1 N–H and O–H groups in total. The molecule has 2 aromatic rings. The third-order valence-electron chi connectivity index (χ3n) is 2.17. The first-order valence-electron chi connectivity index (χ1n) is 4.57. The lowest BCUT2D eigenvalue weighted by Crippen LogP contribution is -2.11. The Morgan fingerprint density at radius 2 is 2.06 bits per heavy atom. The minimum absolute atomic E-state index is 0.0126. The minimum atomic E-state index is -4.59. The third kappa shape index (κ3) is 2.08. The molecule has 0 bridgehead atoms. The monoisotopic (exact) mass is 244 g/mol. The van der Waals surface area contributed by atoms with Gasteiger partial charge in [0.2, 0.25) is 5.56 Å². The van der Waals surface area contributed by atoms with Crippen molar-refractivity contribution in [1.29, 1.82) is 0 Å². The summed E-state index contributed by atoms with van der Waals surface area (Å²) < 4.78 is 42.4. The van der Waals surface area contributed by atoms with E-state index in [1.165, 1.54) is 19.2 Å². The molecule has 4 nitrogen and oxygen atoms in total. The van der Waals surface area contributed by atoms with E-state index in [2.05, 4.69) is 9.97 Å². The van der Waals surface area contributed by atoms with Crippen molar-refractivity contribution in [3.8, 4) is 5.75 Å². The van der Waals surface area contributed by atoms with Gasteiger partial charge in [-0.2, -0.15) is 13.2 Å². The SMILES string of the molecule is COc1cc(C(F)(F)F)nc2[nH]c(=O)ccc12. The average Bonchev–Trinajstić information content (AvgIpc) is 2.25. The summed E-state index contributed by atoms with van der Waals surface area (Å²) in [4.78, 5) is 16.6. The lowest BCUT2D eigenvalue weighted by molar-refractivity contribution is -0.141. The van der Waals surface area contributed by atoms with E-state index in [0.717, 1.165) is 6.07 Å². The molecule has 0 unspecified atom stereocenters. The van der Waals surface area contributed by atoms with Crippen molar-refractivity contribution in [2.24, 2.45) is 0 Å². The van der Waals surface area contributed by atoms with Gasteiger partial charge in [0.05, 0.1) is 12.5 Å². The van der Waals surface area contributed by atoms with E-state index >= 15 is 0 Å². The summed E-state index contributed by atoms with van der Waals surface area (Å²) in [5.74, 6) is 0.0126. The molecule has 0 aliphatic heterocycles. The molecule has 2 heterocycles. The summed E-state index contributed by atoms with van der Waals surface area (Å²) in [6.07, 6.45) is -4.59. The van der Waals surface area contributed by atoms with Crippen LogP contribution < -0.4 is 10.3 Å². The Bertz CT molecular complexity index is 619. The Kier molecular flexibility index (Phi) is 2.53. The Balaban J connectivity index is 2.80. The molecule has 0 saturated carbocycles. The third-order valence-corrected chi connectivity index (χ3v) is 2.17. The van der Waals surface area contributed by atoms with Crippen LogP contribution in [0, 0.1) is 0 Å². The highest BCUT2D eigenvalue weighted by atomic mass is 19.4. The van der Waals surface area contributed by atoms with Gasteiger partial charge in [0, 0.05) is 12.1 Å². The van der Waals surface area contributed by atoms with Crippen molar-refractivity contribution in [2.75, 3.05) is 7.11 Å². The van der Waals surface area contributed by atoms with E-state index < -0.39 is 17.4 Å². The van der Waals surface area contributed by atoms with Crippen LogP contribution in [0.1, 0.15) is 5.69 Å². The van der Waals surface area contributed by atoms with Crippen LogP contribution in [-0.4, -0.2) is 17.1 Å². The fourth-order valence-electron chi connectivity index (χ4n) is 1.42. The number of H-pyrrole nitrogens is 1. The molecule has 2 aromatic heterocycles. The Hall–Kier alpha value is -2.05. The summed E-state index contributed by atoms with van der Waals surface area (Å²) in [6, 6.07) is 3.35. The number of nitrogens with one attached hydrogen (secondary N) is 1. The number of fused-ring (bicyclic) bond motifs is 1. The van der Waals surface area contributed by atoms with Gasteiger partial charge < -0.3 is 9.72 Å². The molecule has 0 radical (unpaired) electrons. The first-order valence-corrected chi connectivity index (χ1v) is 4.57. The minimum Gasteiger partial charge on any atom is -0.496 e. The highest BCUT2D eigenvalue weighted by Gasteiger charge is 2.33. The molecular formula is C10H7F3N2O2. The van der Waals surface area contributed by atoms with E-state index in [0.29, 0.717) is 5.39 Å². The Morgan fingerprint density at radius 1 is 1.35 bits per heavy atom. The van der Waals surface area contributed by atoms with E-state index in [1.54, 1.807) is 0 Å². The van der Waals surface area contributed by atoms with Gasteiger partial charge in [0.25, 0.3) is 0 Å². The molecular weight excluding hydrogens is 237 g/mol. The first-order chi connectivity index (χ1) is 7.91. The Morgan fingerprint density at radius 3 is 2.65 bits per heavy atom. The average molecular weight is 244 g/mol. The standard InChI is InChI=1S/C10H7F3N2O2/c1-17-6-4-7(10(11,12)13)14-9-5(6)2-3-8(16)15-9/h2-4H,1H3,(H,14,15,16). The summed E-state index contributed by atoms with van der Waals surface area (Å²) in [6.45, 7) is 0. The predicted octanol–water partition coefficient (Wildman–Crippen LogP) is 1.95. The van der Waals surface area contributed by atoms with Gasteiger partial charge in [-0.05, 0) is 6.07 Å². The smallest absolute Gasteiger partial charge is 0.433 e. The van der Waals surface area contributed by atoms with Crippen molar-refractivity contribution >= 4 is 11.0 Å². The highest BCUT2D eigenvalue weighted by Crippen LogP contribution is 2.32. The lowest BCUT2D eigenvalue weighted by Gasteiger charge is -2.10. The van der Waals surface area contributed by atoms with Gasteiger partial charge in [-0.1, -0.05) is 0 Å². The molecule has 0 spiro atoms. The molecule has 0 aliphatic rings. The number of methoxy groups -OCH3 is 1. The van der Waals surface area contributed by atoms with Crippen LogP contribution in [0.3, 0.4) is 0 Å². The van der Waals surface area contributed by atoms with E-state index in [9.17, 15) is 18.0 Å². The number of halogens is 3. The normalized spacial score (nSPS) is 11.8. The van der Waals surface area contributed by atoms with Crippen LogP contribution in [0.5, 0.6) is 5.75 Å². The second-order valence-corrected chi connectivity index (χ2v) is 3.29. The molecule has 0 aliphatic carbocycles. The maximum atomic E-state index is 12.5. The fraction of sp³-hybridized carbons (Fsp3) is 0.200. The molecule has 2 rings (SSSR count). The molecule has 7 heteroatoms. The van der Waals surface area contributed by atoms with Crippen molar-refractivity contribution < 1.29 is 17.9 Å². The number of nitrogens with zero attached hydrogens (tertiary/aromatic N) is 1. The molecule has 0 atom stereocenters. The van der Waals surface area contributed by atoms with Crippen LogP contribution in [0.2, 0.25) is 0 Å². The quantitative estimate of drug-likeness (QED) is 0.834. The van der Waals surface area contributed by atoms with E-state index in [4.69, 9.17) is 4.74 Å². The maximum absolute atomic E-state index is 12.5. The predicted molar refractivity (Wildman–Crippen MR) is 53.9 cm³/mol. The number of rotatable bonds is 1. The van der Waals surface area contributed by atoms with E-state index in [-0.39, 0.29) is 11.4 Å². The lowest BCUT2D eigenvalue weighted by atomic mass is 10.2. The van der Waals surface area contributed by atoms with Crippen LogP contribution in [0.25, 0.3) is 11.0 Å². The molecule has 17 heavy (non-hydrogen) atoms. The second-order valence-electron chi connectivity index (χ2n) is 3.29. The number of hydrogen-bond acceptors (Lipinski definition) is 3. The summed E-state index contributed by atoms with van der Waals surface area (Å²) in [7, 11) is 1.25. The summed E-state index contributed by atoms with van der Waals surface area (Å²) in [5.41, 5.74) is -1.78. The van der Waals surface area contributed by atoms with Gasteiger partial charge in [0.1, 0.15) is 11.4 Å². The summed E-state index contributed by atoms with van der Waals surface area (Å²) in [5, 5.41) is 0.320. The number of pyridine rings is 2. The van der Waals surface area contributed by atoms with Crippen LogP contribution >= 0.6 is 0 Å². The van der Waals surface area contributed by atoms with Crippen molar-refractivity contribution in [1.82, 2.24) is 9.97 Å².